The number of nitriles is 1. The highest BCUT2D eigenvalue weighted by Crippen LogP contribution is 2.44. The molecule has 2 aromatic rings. The Morgan fingerprint density at radius 1 is 1.13 bits per heavy atom. The molecular weight excluding hydrogens is 513 g/mol. The molecule has 1 aliphatic carbocycles. The van der Waals surface area contributed by atoms with E-state index in [1.54, 1.807) is 12.1 Å². The number of hydrogen-bond donors (Lipinski definition) is 2. The van der Waals surface area contributed by atoms with Crippen molar-refractivity contribution >= 4 is 23.4 Å². The van der Waals surface area contributed by atoms with Crippen LogP contribution in [0, 0.1) is 11.3 Å². The largest absolute Gasteiger partial charge is 0.416 e. The van der Waals surface area contributed by atoms with Crippen LogP contribution in [0.2, 0.25) is 0 Å². The first-order valence-electron chi connectivity index (χ1n) is 12.3. The molecule has 2 N–H and O–H groups in total. The number of ketones is 1. The number of nitrogens with one attached hydrogen (secondary N) is 1. The van der Waals surface area contributed by atoms with Crippen LogP contribution >= 0.6 is 0 Å². The summed E-state index contributed by atoms with van der Waals surface area (Å²) in [5.41, 5.74) is -0.920. The van der Waals surface area contributed by atoms with Crippen molar-refractivity contribution in [1.82, 2.24) is 10.2 Å². The monoisotopic (exact) mass is 540 g/mol. The summed E-state index contributed by atoms with van der Waals surface area (Å²) in [6.45, 7) is 2.34. The second-order valence-electron chi connectivity index (χ2n) is 10.2. The van der Waals surface area contributed by atoms with Crippen LogP contribution in [0.25, 0.3) is 0 Å². The molecular formula is C28H27F3N4O4. The summed E-state index contributed by atoms with van der Waals surface area (Å²) in [7, 11) is 0. The quantitative estimate of drug-likeness (QED) is 0.562. The van der Waals surface area contributed by atoms with Crippen LogP contribution < -0.4 is 10.2 Å². The number of Topliss-reactive ketones (excluding diaryl/α,β-unsaturated/α-hetero) is 1. The van der Waals surface area contributed by atoms with Crippen molar-refractivity contribution in [2.45, 2.75) is 50.9 Å². The molecule has 0 bridgehead atoms. The van der Waals surface area contributed by atoms with E-state index in [0.29, 0.717) is 17.5 Å². The van der Waals surface area contributed by atoms with Gasteiger partial charge in [0.2, 0.25) is 5.91 Å². The molecule has 8 nitrogen and oxygen atoms in total. The van der Waals surface area contributed by atoms with Gasteiger partial charge < -0.3 is 15.3 Å². The van der Waals surface area contributed by atoms with Gasteiger partial charge in [0, 0.05) is 24.2 Å². The summed E-state index contributed by atoms with van der Waals surface area (Å²) in [6, 6.07) is 10.7. The molecule has 1 unspecified atom stereocenters. The van der Waals surface area contributed by atoms with Crippen molar-refractivity contribution in [2.75, 3.05) is 18.0 Å². The Bertz CT molecular complexity index is 1370. The van der Waals surface area contributed by atoms with Gasteiger partial charge in [-0.05, 0) is 62.6 Å². The lowest BCUT2D eigenvalue weighted by molar-refractivity contribution is -0.137. The van der Waals surface area contributed by atoms with Crippen molar-refractivity contribution in [3.05, 3.63) is 76.5 Å². The molecule has 0 radical (unpaired) electrons. The maximum Gasteiger partial charge on any atom is 0.416 e. The molecule has 2 aromatic carbocycles. The summed E-state index contributed by atoms with van der Waals surface area (Å²) in [4.78, 5) is 42.5. The number of benzene rings is 2. The number of anilines is 1. The van der Waals surface area contributed by atoms with Crippen molar-refractivity contribution < 1.29 is 32.7 Å². The average Bonchev–Trinajstić information content (AvgIpc) is 2.88. The zero-order valence-electron chi connectivity index (χ0n) is 21.4. The predicted molar refractivity (Wildman–Crippen MR) is 135 cm³/mol. The normalized spacial score (nSPS) is 18.1. The van der Waals surface area contributed by atoms with Crippen molar-refractivity contribution in [3.63, 3.8) is 0 Å². The fourth-order valence-corrected chi connectivity index (χ4v) is 4.76. The third kappa shape index (κ3) is 5.96. The molecule has 39 heavy (non-hydrogen) atoms. The van der Waals surface area contributed by atoms with E-state index in [2.05, 4.69) is 5.32 Å². The molecule has 2 aliphatic rings. The van der Waals surface area contributed by atoms with Gasteiger partial charge in [0.25, 0.3) is 0 Å². The number of hydrogen-bond acceptors (Lipinski definition) is 5. The van der Waals surface area contributed by atoms with Gasteiger partial charge in [-0.15, -0.1) is 0 Å². The summed E-state index contributed by atoms with van der Waals surface area (Å²) in [5, 5.41) is 21.8. The second kappa shape index (κ2) is 10.5. The molecule has 3 amide bonds. The molecule has 11 heteroatoms. The summed E-state index contributed by atoms with van der Waals surface area (Å²) >= 11 is 0. The summed E-state index contributed by atoms with van der Waals surface area (Å²) < 4.78 is 40.6. The first-order valence-corrected chi connectivity index (χ1v) is 12.3. The average molecular weight is 541 g/mol. The number of amides is 3. The summed E-state index contributed by atoms with van der Waals surface area (Å²) in [6.07, 6.45) is -3.80. The Hall–Kier alpha value is -4.17. The minimum absolute atomic E-state index is 0.0720. The Kier molecular flexibility index (Phi) is 7.52. The van der Waals surface area contributed by atoms with Crippen molar-refractivity contribution in [1.29, 1.82) is 5.26 Å². The molecule has 0 fully saturated rings. The van der Waals surface area contributed by atoms with E-state index in [1.165, 1.54) is 38.1 Å². The Morgan fingerprint density at radius 3 is 2.44 bits per heavy atom. The van der Waals surface area contributed by atoms with Gasteiger partial charge in [-0.1, -0.05) is 18.2 Å². The van der Waals surface area contributed by atoms with Gasteiger partial charge >= 0.3 is 12.2 Å². The van der Waals surface area contributed by atoms with Gasteiger partial charge in [-0.3, -0.25) is 14.5 Å². The van der Waals surface area contributed by atoms with E-state index in [9.17, 15) is 37.9 Å². The van der Waals surface area contributed by atoms with Crippen LogP contribution in [0.1, 0.15) is 55.8 Å². The number of carbonyl (C=O) groups excluding carboxylic acids is 3. The highest BCUT2D eigenvalue weighted by Gasteiger charge is 2.45. The highest BCUT2D eigenvalue weighted by atomic mass is 19.4. The molecule has 204 valence electrons. The number of allylic oxidation sites excluding steroid dienone is 1. The van der Waals surface area contributed by atoms with E-state index in [4.69, 9.17) is 0 Å². The van der Waals surface area contributed by atoms with Gasteiger partial charge in [-0.2, -0.15) is 18.4 Å². The van der Waals surface area contributed by atoms with Crippen LogP contribution in [0.3, 0.4) is 0 Å². The maximum absolute atomic E-state index is 14.0. The Balaban J connectivity index is 1.87. The Labute approximate surface area is 223 Å². The predicted octanol–water partition coefficient (Wildman–Crippen LogP) is 4.45. The Morgan fingerprint density at radius 2 is 1.82 bits per heavy atom. The van der Waals surface area contributed by atoms with E-state index in [-0.39, 0.29) is 42.1 Å². The molecule has 0 saturated carbocycles. The van der Waals surface area contributed by atoms with E-state index >= 15 is 0 Å². The van der Waals surface area contributed by atoms with Crippen LogP contribution in [-0.2, 0) is 15.8 Å². The molecule has 0 aromatic heterocycles. The van der Waals surface area contributed by atoms with Crippen LogP contribution in [-0.4, -0.2) is 46.4 Å². The fraction of sp³-hybridized carbons (Fsp3) is 0.357. The topological polar surface area (TPSA) is 114 Å². The van der Waals surface area contributed by atoms with Crippen molar-refractivity contribution in [2.24, 2.45) is 0 Å². The smallest absolute Gasteiger partial charge is 0.389 e. The maximum atomic E-state index is 14.0. The summed E-state index contributed by atoms with van der Waals surface area (Å²) in [5.74, 6) is -0.905. The molecule has 1 aliphatic heterocycles. The molecule has 1 heterocycles. The molecule has 1 atom stereocenters. The van der Waals surface area contributed by atoms with Crippen molar-refractivity contribution in [3.8, 4) is 6.07 Å². The van der Waals surface area contributed by atoms with Crippen LogP contribution in [0.5, 0.6) is 0 Å². The van der Waals surface area contributed by atoms with Crippen LogP contribution in [0.4, 0.5) is 23.7 Å². The lowest BCUT2D eigenvalue weighted by Crippen LogP contribution is -2.55. The first kappa shape index (κ1) is 27.9. The lowest BCUT2D eigenvalue weighted by Gasteiger charge is -2.45. The van der Waals surface area contributed by atoms with Crippen LogP contribution in [0.15, 0.2) is 59.8 Å². The number of halogens is 3. The number of rotatable bonds is 6. The van der Waals surface area contributed by atoms with Gasteiger partial charge in [0.1, 0.15) is 6.54 Å². The van der Waals surface area contributed by atoms with E-state index in [0.717, 1.165) is 21.9 Å². The fourth-order valence-electron chi connectivity index (χ4n) is 4.76. The van der Waals surface area contributed by atoms with Gasteiger partial charge in [0.05, 0.1) is 34.5 Å². The minimum atomic E-state index is -4.66. The lowest BCUT2D eigenvalue weighted by atomic mass is 9.83. The SMILES string of the molecule is CC(C)(O)CNC(=O)CN1C(=O)N(c2cccc(C(F)(F)F)c2)C2=C(C(=O)CCC2)C1c1ccc(C#N)cc1. The van der Waals surface area contributed by atoms with Gasteiger partial charge in [-0.25, -0.2) is 4.79 Å². The number of nitrogens with zero attached hydrogens (tertiary/aromatic N) is 3. The van der Waals surface area contributed by atoms with E-state index < -0.39 is 41.9 Å². The number of urea groups is 1. The number of aliphatic hydroxyl groups is 1. The second-order valence-corrected chi connectivity index (χ2v) is 10.2. The number of alkyl halides is 3. The molecule has 0 spiro atoms. The molecule has 0 saturated heterocycles. The molecule has 4 rings (SSSR count). The third-order valence-electron chi connectivity index (χ3n) is 6.54. The standard InChI is InChI=1S/C28H27F3N4O4/c1-27(2,39)16-33-23(37)15-34-25(18-11-9-17(14-32)10-12-18)24-21(7-4-8-22(24)36)35(26(34)38)20-6-3-5-19(13-20)28(29,30)31/h3,5-6,9-13,25,39H,4,7-8,15-16H2,1-2H3,(H,33,37). The minimum Gasteiger partial charge on any atom is -0.389 e. The first-order chi connectivity index (χ1) is 18.3. The zero-order valence-corrected chi connectivity index (χ0v) is 21.4. The van der Waals surface area contributed by atoms with E-state index in [1.807, 2.05) is 6.07 Å². The highest BCUT2D eigenvalue weighted by molar-refractivity contribution is 6.07. The van der Waals surface area contributed by atoms with Gasteiger partial charge in [0.15, 0.2) is 5.78 Å². The number of carbonyl (C=O) groups is 3. The third-order valence-corrected chi connectivity index (χ3v) is 6.54. The zero-order chi connectivity index (χ0) is 28.5.